The fraction of sp³-hybridized carbons (Fsp3) is 0.448. The quantitative estimate of drug-likeness (QED) is 0.431. The van der Waals surface area contributed by atoms with Crippen molar-refractivity contribution in [2.75, 3.05) is 39.5 Å². The van der Waals surface area contributed by atoms with Crippen molar-refractivity contribution in [2.45, 2.75) is 44.8 Å². The molecule has 3 aromatic rings. The number of benzene rings is 2. The first-order chi connectivity index (χ1) is 18.2. The minimum atomic E-state index is -0.303. The van der Waals surface area contributed by atoms with E-state index < -0.39 is 0 Å². The van der Waals surface area contributed by atoms with Crippen molar-refractivity contribution in [1.82, 2.24) is 14.5 Å². The van der Waals surface area contributed by atoms with E-state index in [1.165, 1.54) is 37.9 Å². The van der Waals surface area contributed by atoms with Crippen LogP contribution in [0, 0.1) is 0 Å². The van der Waals surface area contributed by atoms with E-state index in [-0.39, 0.29) is 18.4 Å². The third-order valence-corrected chi connectivity index (χ3v) is 7.27. The summed E-state index contributed by atoms with van der Waals surface area (Å²) in [5.41, 5.74) is 2.70. The first-order valence-electron chi connectivity index (χ1n) is 13.3. The SMILES string of the molecule is O=c1nc(OCC2COc3ccccc3O2)cc2n1CCc1cc(OCCCN3CCCCC3)ccc1-2. The highest BCUT2D eigenvalue weighted by Gasteiger charge is 2.23. The molecule has 3 aliphatic heterocycles. The standard InChI is InChI=1S/C29H33N3O5/c33-29-30-28(36-20-23-19-35-26-7-2-3-8-27(26)37-23)18-25-24-10-9-22(17-21(24)11-15-32(25)29)34-16-6-14-31-12-4-1-5-13-31/h2-3,7-10,17-18,23H,1,4-6,11-16,19-20H2. The molecule has 1 saturated heterocycles. The van der Waals surface area contributed by atoms with E-state index in [0.29, 0.717) is 31.4 Å². The number of aryl methyl sites for hydroxylation is 1. The first kappa shape index (κ1) is 23.9. The molecule has 0 aliphatic carbocycles. The van der Waals surface area contributed by atoms with Crippen molar-refractivity contribution >= 4 is 0 Å². The Bertz CT molecular complexity index is 1300. The Morgan fingerprint density at radius 3 is 2.73 bits per heavy atom. The second-order valence-corrected chi connectivity index (χ2v) is 9.90. The average Bonchev–Trinajstić information content (AvgIpc) is 2.94. The summed E-state index contributed by atoms with van der Waals surface area (Å²) in [7, 11) is 0. The van der Waals surface area contributed by atoms with Gasteiger partial charge in [0.1, 0.15) is 19.0 Å². The molecule has 0 amide bonds. The number of likely N-dealkylation sites (tertiary alicyclic amines) is 1. The lowest BCUT2D eigenvalue weighted by atomic mass is 9.97. The highest BCUT2D eigenvalue weighted by Crippen LogP contribution is 2.33. The van der Waals surface area contributed by atoms with Gasteiger partial charge in [-0.1, -0.05) is 18.6 Å². The Morgan fingerprint density at radius 1 is 0.973 bits per heavy atom. The van der Waals surface area contributed by atoms with Crippen molar-refractivity contribution in [3.05, 3.63) is 64.6 Å². The number of ether oxygens (including phenoxy) is 4. The third-order valence-electron chi connectivity index (χ3n) is 7.27. The van der Waals surface area contributed by atoms with Gasteiger partial charge in [0.2, 0.25) is 5.88 Å². The molecule has 1 aromatic heterocycles. The van der Waals surface area contributed by atoms with E-state index in [0.717, 1.165) is 42.1 Å². The molecular weight excluding hydrogens is 470 g/mol. The topological polar surface area (TPSA) is 75.0 Å². The largest absolute Gasteiger partial charge is 0.494 e. The zero-order chi connectivity index (χ0) is 25.0. The lowest BCUT2D eigenvalue weighted by Crippen LogP contribution is -2.35. The van der Waals surface area contributed by atoms with Gasteiger partial charge in [-0.3, -0.25) is 4.57 Å². The van der Waals surface area contributed by atoms with Crippen LogP contribution in [0.4, 0.5) is 0 Å². The molecular formula is C29H33N3O5. The maximum atomic E-state index is 12.8. The fourth-order valence-corrected chi connectivity index (χ4v) is 5.33. The summed E-state index contributed by atoms with van der Waals surface area (Å²) in [6.45, 7) is 5.45. The minimum Gasteiger partial charge on any atom is -0.494 e. The number of fused-ring (bicyclic) bond motifs is 4. The van der Waals surface area contributed by atoms with Crippen LogP contribution in [0.25, 0.3) is 11.3 Å². The monoisotopic (exact) mass is 503 g/mol. The van der Waals surface area contributed by atoms with Gasteiger partial charge >= 0.3 is 5.69 Å². The predicted molar refractivity (Wildman–Crippen MR) is 140 cm³/mol. The van der Waals surface area contributed by atoms with Crippen molar-refractivity contribution < 1.29 is 18.9 Å². The van der Waals surface area contributed by atoms with Crippen molar-refractivity contribution in [3.8, 4) is 34.4 Å². The first-order valence-corrected chi connectivity index (χ1v) is 13.3. The molecule has 8 nitrogen and oxygen atoms in total. The van der Waals surface area contributed by atoms with Crippen LogP contribution in [-0.4, -0.2) is 60.0 Å². The van der Waals surface area contributed by atoms with Crippen LogP contribution in [-0.2, 0) is 13.0 Å². The summed E-state index contributed by atoms with van der Waals surface area (Å²) < 4.78 is 25.4. The van der Waals surface area contributed by atoms with Crippen LogP contribution in [0.1, 0.15) is 31.2 Å². The highest BCUT2D eigenvalue weighted by atomic mass is 16.6. The van der Waals surface area contributed by atoms with Gasteiger partial charge in [0, 0.05) is 24.7 Å². The van der Waals surface area contributed by atoms with E-state index >= 15 is 0 Å². The summed E-state index contributed by atoms with van der Waals surface area (Å²) in [5.74, 6) is 2.60. The molecule has 3 aliphatic rings. The molecule has 4 heterocycles. The molecule has 0 N–H and O–H groups in total. The van der Waals surface area contributed by atoms with Gasteiger partial charge in [-0.2, -0.15) is 4.98 Å². The summed E-state index contributed by atoms with van der Waals surface area (Å²) >= 11 is 0. The summed E-state index contributed by atoms with van der Waals surface area (Å²) in [5, 5.41) is 0. The fourth-order valence-electron chi connectivity index (χ4n) is 5.33. The number of piperidine rings is 1. The van der Waals surface area contributed by atoms with Gasteiger partial charge < -0.3 is 23.8 Å². The molecule has 8 heteroatoms. The zero-order valence-corrected chi connectivity index (χ0v) is 21.1. The molecule has 0 saturated carbocycles. The lowest BCUT2D eigenvalue weighted by Gasteiger charge is -2.26. The third kappa shape index (κ3) is 5.44. The molecule has 0 bridgehead atoms. The van der Waals surface area contributed by atoms with Gasteiger partial charge in [0.25, 0.3) is 0 Å². The summed E-state index contributed by atoms with van der Waals surface area (Å²) in [6.07, 6.45) is 5.51. The number of hydrogen-bond acceptors (Lipinski definition) is 7. The Balaban J connectivity index is 1.09. The zero-order valence-electron chi connectivity index (χ0n) is 21.1. The van der Waals surface area contributed by atoms with E-state index in [4.69, 9.17) is 18.9 Å². The number of aromatic nitrogens is 2. The average molecular weight is 504 g/mol. The van der Waals surface area contributed by atoms with Crippen LogP contribution < -0.4 is 24.6 Å². The molecule has 0 spiro atoms. The van der Waals surface area contributed by atoms with Gasteiger partial charge in [0.05, 0.1) is 12.3 Å². The smallest absolute Gasteiger partial charge is 0.351 e. The number of hydrogen-bond donors (Lipinski definition) is 0. The van der Waals surface area contributed by atoms with Crippen molar-refractivity contribution in [3.63, 3.8) is 0 Å². The van der Waals surface area contributed by atoms with Crippen LogP contribution in [0.5, 0.6) is 23.1 Å². The number of rotatable bonds is 8. The van der Waals surface area contributed by atoms with E-state index in [9.17, 15) is 4.79 Å². The van der Waals surface area contributed by atoms with E-state index in [1.807, 2.05) is 42.5 Å². The molecule has 2 aromatic carbocycles. The summed E-state index contributed by atoms with van der Waals surface area (Å²) in [6, 6.07) is 15.5. The molecule has 1 atom stereocenters. The Morgan fingerprint density at radius 2 is 1.84 bits per heavy atom. The molecule has 194 valence electrons. The maximum Gasteiger partial charge on any atom is 0.351 e. The molecule has 0 radical (unpaired) electrons. The van der Waals surface area contributed by atoms with E-state index in [2.05, 4.69) is 16.0 Å². The highest BCUT2D eigenvalue weighted by molar-refractivity contribution is 5.67. The second kappa shape index (κ2) is 10.8. The predicted octanol–water partition coefficient (Wildman–Crippen LogP) is 3.94. The number of para-hydroxylation sites is 2. The maximum absolute atomic E-state index is 12.8. The number of nitrogens with zero attached hydrogens (tertiary/aromatic N) is 3. The van der Waals surface area contributed by atoms with Gasteiger partial charge in [-0.15, -0.1) is 0 Å². The van der Waals surface area contributed by atoms with Gasteiger partial charge in [-0.25, -0.2) is 4.79 Å². The Kier molecular flexibility index (Phi) is 6.99. The van der Waals surface area contributed by atoms with Crippen LogP contribution in [0.3, 0.4) is 0 Å². The van der Waals surface area contributed by atoms with Gasteiger partial charge in [0.15, 0.2) is 17.6 Å². The van der Waals surface area contributed by atoms with Crippen molar-refractivity contribution in [1.29, 1.82) is 0 Å². The summed E-state index contributed by atoms with van der Waals surface area (Å²) in [4.78, 5) is 19.5. The Hall–Kier alpha value is -3.52. The van der Waals surface area contributed by atoms with E-state index in [1.54, 1.807) is 4.57 Å². The Labute approximate surface area is 216 Å². The minimum absolute atomic E-state index is 0.237. The normalized spacial score (nSPS) is 18.5. The van der Waals surface area contributed by atoms with Crippen molar-refractivity contribution in [2.24, 2.45) is 0 Å². The van der Waals surface area contributed by atoms with Crippen LogP contribution in [0.2, 0.25) is 0 Å². The molecule has 1 unspecified atom stereocenters. The molecule has 37 heavy (non-hydrogen) atoms. The lowest BCUT2D eigenvalue weighted by molar-refractivity contribution is 0.0520. The second-order valence-electron chi connectivity index (χ2n) is 9.90. The molecule has 1 fully saturated rings. The van der Waals surface area contributed by atoms with Crippen LogP contribution in [0.15, 0.2) is 53.3 Å². The molecule has 6 rings (SSSR count). The van der Waals surface area contributed by atoms with Crippen LogP contribution >= 0.6 is 0 Å². The van der Waals surface area contributed by atoms with Gasteiger partial charge in [-0.05, 0) is 74.7 Å².